The Morgan fingerprint density at radius 1 is 1.17 bits per heavy atom. The van der Waals surface area contributed by atoms with Gasteiger partial charge in [-0.15, -0.1) is 0 Å². The molecule has 1 unspecified atom stereocenters. The van der Waals surface area contributed by atoms with Crippen molar-refractivity contribution in [2.45, 2.75) is 39.2 Å². The molecule has 0 spiro atoms. The van der Waals surface area contributed by atoms with E-state index >= 15 is 0 Å². The van der Waals surface area contributed by atoms with Gasteiger partial charge < -0.3 is 5.32 Å². The molecule has 0 bridgehead atoms. The van der Waals surface area contributed by atoms with Gasteiger partial charge >= 0.3 is 0 Å². The molecule has 3 heteroatoms. The highest BCUT2D eigenvalue weighted by atomic mass is 14.9. The van der Waals surface area contributed by atoms with Crippen molar-refractivity contribution in [2.24, 2.45) is 0 Å². The molecule has 3 nitrogen and oxygen atoms in total. The average Bonchev–Trinajstić information content (AvgIpc) is 2.39. The molecule has 1 atom stereocenters. The molecular formula is C15H21N3. The van der Waals surface area contributed by atoms with E-state index in [1.165, 1.54) is 12.8 Å². The van der Waals surface area contributed by atoms with Gasteiger partial charge in [0.1, 0.15) is 0 Å². The quantitative estimate of drug-likeness (QED) is 0.847. The van der Waals surface area contributed by atoms with Crippen LogP contribution in [-0.2, 0) is 6.42 Å². The summed E-state index contributed by atoms with van der Waals surface area (Å²) in [6, 6.07) is 8.54. The summed E-state index contributed by atoms with van der Waals surface area (Å²) in [5.41, 5.74) is 3.03. The van der Waals surface area contributed by atoms with Crippen LogP contribution >= 0.6 is 0 Å². The van der Waals surface area contributed by atoms with Crippen LogP contribution < -0.4 is 5.32 Å². The van der Waals surface area contributed by atoms with Crippen LogP contribution in [-0.4, -0.2) is 22.6 Å². The fraction of sp³-hybridized carbons (Fsp3) is 0.467. The molecule has 18 heavy (non-hydrogen) atoms. The lowest BCUT2D eigenvalue weighted by atomic mass is 10.1. The molecule has 0 saturated heterocycles. The maximum absolute atomic E-state index is 4.68. The van der Waals surface area contributed by atoms with Crippen molar-refractivity contribution in [3.8, 4) is 0 Å². The van der Waals surface area contributed by atoms with E-state index in [2.05, 4.69) is 29.1 Å². The van der Waals surface area contributed by atoms with E-state index in [9.17, 15) is 0 Å². The topological polar surface area (TPSA) is 37.8 Å². The van der Waals surface area contributed by atoms with Crippen molar-refractivity contribution in [2.75, 3.05) is 6.54 Å². The van der Waals surface area contributed by atoms with Crippen LogP contribution in [0.15, 0.2) is 30.5 Å². The van der Waals surface area contributed by atoms with Crippen LogP contribution in [0.3, 0.4) is 0 Å². The van der Waals surface area contributed by atoms with Crippen molar-refractivity contribution in [1.29, 1.82) is 0 Å². The SMILES string of the molecule is CCCC(Cc1cnc2ccccc2n1)NCC. The molecule has 0 amide bonds. The molecule has 2 rings (SSSR count). The normalized spacial score (nSPS) is 12.8. The summed E-state index contributed by atoms with van der Waals surface area (Å²) in [4.78, 5) is 9.14. The second-order valence-electron chi connectivity index (χ2n) is 4.60. The molecule has 1 heterocycles. The Bertz CT molecular complexity index is 490. The first-order valence-electron chi connectivity index (χ1n) is 6.77. The molecule has 0 fully saturated rings. The van der Waals surface area contributed by atoms with Gasteiger partial charge in [0, 0.05) is 18.7 Å². The fourth-order valence-electron chi connectivity index (χ4n) is 2.26. The summed E-state index contributed by atoms with van der Waals surface area (Å²) >= 11 is 0. The number of fused-ring (bicyclic) bond motifs is 1. The van der Waals surface area contributed by atoms with Gasteiger partial charge in [-0.05, 0) is 25.1 Å². The standard InChI is InChI=1S/C15H21N3/c1-3-7-12(16-4-2)10-13-11-17-14-8-5-6-9-15(14)18-13/h5-6,8-9,11-12,16H,3-4,7,10H2,1-2H3. The van der Waals surface area contributed by atoms with Crippen molar-refractivity contribution in [3.05, 3.63) is 36.2 Å². The highest BCUT2D eigenvalue weighted by molar-refractivity contribution is 5.73. The molecule has 0 saturated carbocycles. The number of benzene rings is 1. The fourth-order valence-corrected chi connectivity index (χ4v) is 2.26. The minimum absolute atomic E-state index is 0.510. The zero-order valence-corrected chi connectivity index (χ0v) is 11.2. The van der Waals surface area contributed by atoms with Crippen LogP contribution in [0.4, 0.5) is 0 Å². The highest BCUT2D eigenvalue weighted by Crippen LogP contribution is 2.11. The summed E-state index contributed by atoms with van der Waals surface area (Å²) in [6.07, 6.45) is 5.24. The first-order valence-corrected chi connectivity index (χ1v) is 6.77. The Morgan fingerprint density at radius 3 is 2.67 bits per heavy atom. The predicted octanol–water partition coefficient (Wildman–Crippen LogP) is 2.95. The molecule has 96 valence electrons. The van der Waals surface area contributed by atoms with E-state index in [0.29, 0.717) is 6.04 Å². The van der Waals surface area contributed by atoms with Gasteiger partial charge in [-0.1, -0.05) is 32.4 Å². The first kappa shape index (κ1) is 13.0. The maximum atomic E-state index is 4.68. The second-order valence-corrected chi connectivity index (χ2v) is 4.60. The summed E-state index contributed by atoms with van der Waals surface area (Å²) in [5.74, 6) is 0. The van der Waals surface area contributed by atoms with E-state index in [1.807, 2.05) is 30.5 Å². The van der Waals surface area contributed by atoms with Crippen LogP contribution in [0.1, 0.15) is 32.4 Å². The Hall–Kier alpha value is -1.48. The van der Waals surface area contributed by atoms with Gasteiger partial charge in [-0.2, -0.15) is 0 Å². The molecule has 0 radical (unpaired) electrons. The molecule has 0 aliphatic heterocycles. The van der Waals surface area contributed by atoms with E-state index in [4.69, 9.17) is 0 Å². The van der Waals surface area contributed by atoms with Crippen molar-refractivity contribution in [3.63, 3.8) is 0 Å². The smallest absolute Gasteiger partial charge is 0.0890 e. The number of rotatable bonds is 6. The third-order valence-electron chi connectivity index (χ3n) is 3.08. The molecule has 0 aliphatic carbocycles. The summed E-state index contributed by atoms with van der Waals surface area (Å²) in [6.45, 7) is 5.37. The minimum atomic E-state index is 0.510. The Morgan fingerprint density at radius 2 is 1.94 bits per heavy atom. The van der Waals surface area contributed by atoms with Crippen LogP contribution in [0.2, 0.25) is 0 Å². The van der Waals surface area contributed by atoms with Gasteiger partial charge in [0.15, 0.2) is 0 Å². The molecule has 0 aliphatic rings. The van der Waals surface area contributed by atoms with E-state index in [-0.39, 0.29) is 0 Å². The lowest BCUT2D eigenvalue weighted by molar-refractivity contribution is 0.482. The Kier molecular flexibility index (Phi) is 4.65. The van der Waals surface area contributed by atoms with Crippen molar-refractivity contribution < 1.29 is 0 Å². The van der Waals surface area contributed by atoms with Gasteiger partial charge in [0.2, 0.25) is 0 Å². The van der Waals surface area contributed by atoms with E-state index < -0.39 is 0 Å². The van der Waals surface area contributed by atoms with Crippen LogP contribution in [0.5, 0.6) is 0 Å². The zero-order chi connectivity index (χ0) is 12.8. The average molecular weight is 243 g/mol. The highest BCUT2D eigenvalue weighted by Gasteiger charge is 2.09. The zero-order valence-electron chi connectivity index (χ0n) is 11.2. The largest absolute Gasteiger partial charge is 0.314 e. The van der Waals surface area contributed by atoms with Gasteiger partial charge in [0.05, 0.1) is 16.7 Å². The van der Waals surface area contributed by atoms with Crippen LogP contribution in [0.25, 0.3) is 11.0 Å². The summed E-state index contributed by atoms with van der Waals surface area (Å²) < 4.78 is 0. The predicted molar refractivity (Wildman–Crippen MR) is 75.6 cm³/mol. The Labute approximate surface area is 109 Å². The molecule has 1 aromatic carbocycles. The number of para-hydroxylation sites is 2. The number of hydrogen-bond acceptors (Lipinski definition) is 3. The molecule has 2 aromatic rings. The Balaban J connectivity index is 2.14. The van der Waals surface area contributed by atoms with Gasteiger partial charge in [0.25, 0.3) is 0 Å². The number of likely N-dealkylation sites (N-methyl/N-ethyl adjacent to an activating group) is 1. The molecular weight excluding hydrogens is 222 g/mol. The lowest BCUT2D eigenvalue weighted by Crippen LogP contribution is -2.31. The second kappa shape index (κ2) is 6.45. The number of aromatic nitrogens is 2. The van der Waals surface area contributed by atoms with Crippen molar-refractivity contribution >= 4 is 11.0 Å². The molecule has 1 N–H and O–H groups in total. The number of nitrogens with one attached hydrogen (secondary N) is 1. The summed E-state index contributed by atoms with van der Waals surface area (Å²) in [7, 11) is 0. The summed E-state index contributed by atoms with van der Waals surface area (Å²) in [5, 5.41) is 3.51. The number of nitrogens with zero attached hydrogens (tertiary/aromatic N) is 2. The van der Waals surface area contributed by atoms with E-state index in [1.54, 1.807) is 0 Å². The maximum Gasteiger partial charge on any atom is 0.0890 e. The molecule has 1 aromatic heterocycles. The first-order chi connectivity index (χ1) is 8.83. The monoisotopic (exact) mass is 243 g/mol. The lowest BCUT2D eigenvalue weighted by Gasteiger charge is -2.16. The van der Waals surface area contributed by atoms with Crippen molar-refractivity contribution in [1.82, 2.24) is 15.3 Å². The third kappa shape index (κ3) is 3.26. The van der Waals surface area contributed by atoms with Gasteiger partial charge in [-0.3, -0.25) is 4.98 Å². The van der Waals surface area contributed by atoms with Crippen LogP contribution in [0, 0.1) is 0 Å². The van der Waals surface area contributed by atoms with Gasteiger partial charge in [-0.25, -0.2) is 4.98 Å². The van der Waals surface area contributed by atoms with E-state index in [0.717, 1.165) is 29.7 Å². The third-order valence-corrected chi connectivity index (χ3v) is 3.08. The number of hydrogen-bond donors (Lipinski definition) is 1. The minimum Gasteiger partial charge on any atom is -0.314 e.